The maximum absolute atomic E-state index is 10.4. The van der Waals surface area contributed by atoms with Crippen LogP contribution in [0.3, 0.4) is 0 Å². The van der Waals surface area contributed by atoms with E-state index in [0.717, 1.165) is 18.5 Å². The van der Waals surface area contributed by atoms with Gasteiger partial charge >= 0.3 is 0 Å². The number of pyridine rings is 2. The van der Waals surface area contributed by atoms with Gasteiger partial charge in [-0.15, -0.1) is 0 Å². The van der Waals surface area contributed by atoms with E-state index in [1.165, 1.54) is 57.8 Å². The summed E-state index contributed by atoms with van der Waals surface area (Å²) < 4.78 is 32.4. The second-order valence-electron chi connectivity index (χ2n) is 11.6. The largest absolute Gasteiger partial charge is 0.462 e. The summed E-state index contributed by atoms with van der Waals surface area (Å²) in [6.45, 7) is 10.1. The molecule has 0 saturated carbocycles. The highest BCUT2D eigenvalue weighted by atomic mass is 16.7. The van der Waals surface area contributed by atoms with Gasteiger partial charge in [0.2, 0.25) is 12.6 Å². The van der Waals surface area contributed by atoms with E-state index in [2.05, 4.69) is 35.8 Å². The van der Waals surface area contributed by atoms with Crippen molar-refractivity contribution in [3.8, 4) is 0 Å². The molecule has 4 atom stereocenters. The lowest BCUT2D eigenvalue weighted by atomic mass is 9.97. The first-order valence-electron chi connectivity index (χ1n) is 15.7. The van der Waals surface area contributed by atoms with Crippen LogP contribution in [0.4, 0.5) is 0 Å². The Labute approximate surface area is 256 Å². The SMILES string of the molecule is C=C1OC(c2cccnc2)OCC1(CO)OC1(CO)COC(c2ccc[n+](CCCCCCCCCCCC)c2)OC1=C. The molecular weight excluding hydrogens is 548 g/mol. The van der Waals surface area contributed by atoms with E-state index in [1.54, 1.807) is 18.5 Å². The monoisotopic (exact) mass is 597 g/mol. The van der Waals surface area contributed by atoms with Crippen molar-refractivity contribution in [1.29, 1.82) is 0 Å². The predicted molar refractivity (Wildman–Crippen MR) is 161 cm³/mol. The van der Waals surface area contributed by atoms with Crippen LogP contribution in [0.1, 0.15) is 94.8 Å². The third-order valence-electron chi connectivity index (χ3n) is 8.23. The molecule has 2 N–H and O–H groups in total. The smallest absolute Gasteiger partial charge is 0.232 e. The minimum Gasteiger partial charge on any atom is -0.462 e. The number of ether oxygens (including phenoxy) is 5. The average Bonchev–Trinajstić information content (AvgIpc) is 3.04. The number of hydrogen-bond donors (Lipinski definition) is 2. The minimum absolute atomic E-state index is 0.0542. The second-order valence-corrected chi connectivity index (χ2v) is 11.6. The van der Waals surface area contributed by atoms with E-state index < -0.39 is 37.0 Å². The highest BCUT2D eigenvalue weighted by molar-refractivity contribution is 5.20. The van der Waals surface area contributed by atoms with E-state index >= 15 is 0 Å². The number of aryl methyl sites for hydroxylation is 1. The van der Waals surface area contributed by atoms with Gasteiger partial charge in [-0.3, -0.25) is 4.98 Å². The maximum Gasteiger partial charge on any atom is 0.232 e. The maximum atomic E-state index is 10.4. The number of rotatable bonds is 17. The summed E-state index contributed by atoms with van der Waals surface area (Å²) in [6, 6.07) is 7.52. The van der Waals surface area contributed by atoms with Gasteiger partial charge in [-0.2, -0.15) is 0 Å². The Kier molecular flexibility index (Phi) is 12.5. The van der Waals surface area contributed by atoms with Crippen LogP contribution in [0.2, 0.25) is 0 Å². The first-order valence-corrected chi connectivity index (χ1v) is 15.7. The summed E-state index contributed by atoms with van der Waals surface area (Å²) in [5.41, 5.74) is -1.38. The number of aliphatic hydroxyl groups excluding tert-OH is 2. The lowest BCUT2D eigenvalue weighted by molar-refractivity contribution is -0.698. The van der Waals surface area contributed by atoms with Gasteiger partial charge in [0.1, 0.15) is 18.1 Å². The topological polar surface area (TPSA) is 103 Å². The Balaban J connectivity index is 1.28. The zero-order valence-corrected chi connectivity index (χ0v) is 25.6. The zero-order valence-electron chi connectivity index (χ0n) is 25.6. The van der Waals surface area contributed by atoms with E-state index in [0.29, 0.717) is 5.56 Å². The summed E-state index contributed by atoms with van der Waals surface area (Å²) in [7, 11) is 0. The molecular formula is C34H49N2O7+. The Morgan fingerprint density at radius 2 is 1.40 bits per heavy atom. The van der Waals surface area contributed by atoms with Crippen LogP contribution >= 0.6 is 0 Å². The van der Waals surface area contributed by atoms with Crippen LogP contribution in [0.25, 0.3) is 0 Å². The molecule has 2 aromatic rings. The second kappa shape index (κ2) is 16.3. The fraction of sp³-hybridized carbons (Fsp3) is 0.588. The molecule has 43 heavy (non-hydrogen) atoms. The Morgan fingerprint density at radius 1 is 0.837 bits per heavy atom. The lowest BCUT2D eigenvalue weighted by Crippen LogP contribution is -2.59. The lowest BCUT2D eigenvalue weighted by Gasteiger charge is -2.48. The van der Waals surface area contributed by atoms with Crippen molar-refractivity contribution in [2.75, 3.05) is 26.4 Å². The van der Waals surface area contributed by atoms with Gasteiger partial charge < -0.3 is 33.9 Å². The quantitative estimate of drug-likeness (QED) is 0.180. The van der Waals surface area contributed by atoms with Crippen LogP contribution in [0.15, 0.2) is 73.7 Å². The normalized spacial score (nSPS) is 25.7. The number of nitrogens with zero attached hydrogens (tertiary/aromatic N) is 2. The molecule has 0 spiro atoms. The summed E-state index contributed by atoms with van der Waals surface area (Å²) in [4.78, 5) is 4.09. The molecule has 0 aromatic carbocycles. The van der Waals surface area contributed by atoms with Crippen LogP contribution in [0, 0.1) is 0 Å². The molecule has 4 rings (SSSR count). The average molecular weight is 598 g/mol. The van der Waals surface area contributed by atoms with Gasteiger partial charge in [-0.1, -0.05) is 71.4 Å². The van der Waals surface area contributed by atoms with E-state index in [-0.39, 0.29) is 24.7 Å². The molecule has 2 aliphatic rings. The van der Waals surface area contributed by atoms with E-state index in [9.17, 15) is 10.2 Å². The highest BCUT2D eigenvalue weighted by Gasteiger charge is 2.53. The standard InChI is InChI=1S/C34H49N2O7/c1-4-5-6-7-8-9-10-11-12-13-19-36-20-15-17-30(22-36)32-40-26-34(24-38,28(3)42-32)43-33(23-37)25-39-31(41-27(33)2)29-16-14-18-35-21-29/h14-18,20-22,31-32,37-38H,2-13,19,23-26H2,1H3/q+1. The third-order valence-corrected chi connectivity index (χ3v) is 8.23. The fourth-order valence-corrected chi connectivity index (χ4v) is 5.45. The van der Waals surface area contributed by atoms with Crippen molar-refractivity contribution in [3.05, 3.63) is 84.9 Å². The minimum atomic E-state index is -1.46. The van der Waals surface area contributed by atoms with Gasteiger partial charge in [-0.05, 0) is 24.6 Å². The molecule has 0 amide bonds. The van der Waals surface area contributed by atoms with Gasteiger partial charge in [0.05, 0.1) is 32.0 Å². The molecule has 2 aliphatic heterocycles. The Morgan fingerprint density at radius 3 is 1.93 bits per heavy atom. The van der Waals surface area contributed by atoms with Crippen molar-refractivity contribution < 1.29 is 38.5 Å². The van der Waals surface area contributed by atoms with E-state index in [4.69, 9.17) is 23.7 Å². The highest BCUT2D eigenvalue weighted by Crippen LogP contribution is 2.42. The molecule has 4 unspecified atom stereocenters. The molecule has 9 nitrogen and oxygen atoms in total. The summed E-state index contributed by atoms with van der Waals surface area (Å²) >= 11 is 0. The van der Waals surface area contributed by atoms with Crippen LogP contribution in [0.5, 0.6) is 0 Å². The fourth-order valence-electron chi connectivity index (χ4n) is 5.45. The van der Waals surface area contributed by atoms with Crippen LogP contribution in [-0.4, -0.2) is 52.8 Å². The van der Waals surface area contributed by atoms with Crippen LogP contribution < -0.4 is 4.57 Å². The van der Waals surface area contributed by atoms with Gasteiger partial charge in [-0.25, -0.2) is 4.57 Å². The van der Waals surface area contributed by atoms with Crippen molar-refractivity contribution in [2.24, 2.45) is 0 Å². The first kappa shape index (κ1) is 33.1. The summed E-state index contributed by atoms with van der Waals surface area (Å²) in [5, 5.41) is 20.8. The molecule has 2 fully saturated rings. The first-order chi connectivity index (χ1) is 20.9. The van der Waals surface area contributed by atoms with Crippen molar-refractivity contribution in [1.82, 2.24) is 4.98 Å². The van der Waals surface area contributed by atoms with Crippen molar-refractivity contribution in [2.45, 2.75) is 101 Å². The molecule has 2 aromatic heterocycles. The number of hydrogen-bond acceptors (Lipinski definition) is 8. The molecule has 0 bridgehead atoms. The Bertz CT molecular complexity index is 1160. The van der Waals surface area contributed by atoms with Gasteiger partial charge in [0, 0.05) is 30.4 Å². The molecule has 0 aliphatic carbocycles. The molecule has 9 heteroatoms. The van der Waals surface area contributed by atoms with Crippen molar-refractivity contribution >= 4 is 0 Å². The predicted octanol–water partition coefficient (Wildman–Crippen LogP) is 5.59. The summed E-state index contributed by atoms with van der Waals surface area (Å²) in [6.07, 6.45) is 18.9. The number of unbranched alkanes of at least 4 members (excludes halogenated alkanes) is 9. The van der Waals surface area contributed by atoms with Crippen molar-refractivity contribution in [3.63, 3.8) is 0 Å². The third kappa shape index (κ3) is 8.64. The molecule has 4 heterocycles. The number of aromatic nitrogens is 2. The van der Waals surface area contributed by atoms with Crippen LogP contribution in [-0.2, 0) is 30.2 Å². The molecule has 2 saturated heterocycles. The molecule has 0 radical (unpaired) electrons. The van der Waals surface area contributed by atoms with Gasteiger partial charge in [0.15, 0.2) is 23.6 Å². The van der Waals surface area contributed by atoms with Gasteiger partial charge in [0.25, 0.3) is 0 Å². The summed E-state index contributed by atoms with van der Waals surface area (Å²) in [5.74, 6) is 0.347. The Hall–Kier alpha value is -2.82. The van der Waals surface area contributed by atoms with E-state index in [1.807, 2.05) is 24.4 Å². The number of aliphatic hydroxyl groups is 2. The zero-order chi connectivity index (χ0) is 30.5. The molecule has 236 valence electrons.